The van der Waals surface area contributed by atoms with Gasteiger partial charge < -0.3 is 25.0 Å². The average Bonchev–Trinajstić information content (AvgIpc) is 2.66. The SMILES string of the molecule is CNc1cccc(OCCOC(=O)CNNc2cccc(COC)c2)c1. The Morgan fingerprint density at radius 1 is 1.04 bits per heavy atom. The minimum atomic E-state index is -0.363. The summed E-state index contributed by atoms with van der Waals surface area (Å²) in [6.45, 7) is 1.07. The van der Waals surface area contributed by atoms with Crippen molar-refractivity contribution in [3.63, 3.8) is 0 Å². The number of rotatable bonds is 11. The Bertz CT molecular complexity index is 694. The summed E-state index contributed by atoms with van der Waals surface area (Å²) in [6, 6.07) is 15.3. The summed E-state index contributed by atoms with van der Waals surface area (Å²) in [5.74, 6) is 0.363. The van der Waals surface area contributed by atoms with E-state index < -0.39 is 0 Å². The molecule has 0 atom stereocenters. The Hall–Kier alpha value is -2.77. The van der Waals surface area contributed by atoms with E-state index >= 15 is 0 Å². The predicted molar refractivity (Wildman–Crippen MR) is 101 cm³/mol. The maximum absolute atomic E-state index is 11.7. The Labute approximate surface area is 153 Å². The number of carbonyl (C=O) groups excluding carboxylic acids is 1. The summed E-state index contributed by atoms with van der Waals surface area (Å²) < 4.78 is 15.7. The van der Waals surface area contributed by atoms with Gasteiger partial charge in [0.1, 0.15) is 25.5 Å². The van der Waals surface area contributed by atoms with Crippen LogP contribution in [0.25, 0.3) is 0 Å². The Balaban J connectivity index is 1.61. The highest BCUT2D eigenvalue weighted by Gasteiger charge is 2.03. The summed E-state index contributed by atoms with van der Waals surface area (Å²) in [6.07, 6.45) is 0. The number of anilines is 2. The van der Waals surface area contributed by atoms with Crippen LogP contribution in [-0.2, 0) is 20.9 Å². The smallest absolute Gasteiger partial charge is 0.321 e. The Kier molecular flexibility index (Phi) is 8.25. The lowest BCUT2D eigenvalue weighted by molar-refractivity contribution is -0.143. The zero-order valence-corrected chi connectivity index (χ0v) is 15.1. The summed E-state index contributed by atoms with van der Waals surface area (Å²) in [5, 5.41) is 3.04. The summed E-state index contributed by atoms with van der Waals surface area (Å²) >= 11 is 0. The second-order valence-corrected chi connectivity index (χ2v) is 5.46. The molecule has 0 spiro atoms. The normalized spacial score (nSPS) is 10.2. The van der Waals surface area contributed by atoms with E-state index in [0.717, 1.165) is 22.7 Å². The van der Waals surface area contributed by atoms with E-state index in [1.807, 2.05) is 55.6 Å². The number of esters is 1. The fraction of sp³-hybridized carbons (Fsp3) is 0.316. The van der Waals surface area contributed by atoms with E-state index in [1.54, 1.807) is 7.11 Å². The number of hydrazine groups is 1. The number of ether oxygens (including phenoxy) is 3. The highest BCUT2D eigenvalue weighted by molar-refractivity contribution is 5.71. The first-order valence-corrected chi connectivity index (χ1v) is 8.34. The first-order chi connectivity index (χ1) is 12.7. The molecule has 140 valence electrons. The van der Waals surface area contributed by atoms with Crippen LogP contribution < -0.4 is 20.9 Å². The summed E-state index contributed by atoms with van der Waals surface area (Å²) in [4.78, 5) is 11.7. The van der Waals surface area contributed by atoms with Crippen LogP contribution in [0.1, 0.15) is 5.56 Å². The molecule has 7 nitrogen and oxygen atoms in total. The molecule has 0 bridgehead atoms. The third-order valence-electron chi connectivity index (χ3n) is 3.44. The van der Waals surface area contributed by atoms with E-state index in [9.17, 15) is 4.79 Å². The molecule has 0 aliphatic carbocycles. The number of methoxy groups -OCH3 is 1. The third-order valence-corrected chi connectivity index (χ3v) is 3.44. The van der Waals surface area contributed by atoms with Crippen molar-refractivity contribution in [3.05, 3.63) is 54.1 Å². The quantitative estimate of drug-likeness (QED) is 0.323. The molecule has 0 aromatic heterocycles. The molecule has 0 unspecified atom stereocenters. The minimum absolute atomic E-state index is 0.0454. The second-order valence-electron chi connectivity index (χ2n) is 5.46. The van der Waals surface area contributed by atoms with Crippen molar-refractivity contribution in [3.8, 4) is 5.75 Å². The zero-order chi connectivity index (χ0) is 18.6. The van der Waals surface area contributed by atoms with Gasteiger partial charge in [-0.1, -0.05) is 18.2 Å². The number of hydrogen-bond acceptors (Lipinski definition) is 7. The molecule has 2 aromatic carbocycles. The molecule has 3 N–H and O–H groups in total. The van der Waals surface area contributed by atoms with Gasteiger partial charge in [0.05, 0.1) is 6.61 Å². The van der Waals surface area contributed by atoms with Gasteiger partial charge >= 0.3 is 5.97 Å². The zero-order valence-electron chi connectivity index (χ0n) is 15.1. The highest BCUT2D eigenvalue weighted by atomic mass is 16.6. The molecule has 0 fully saturated rings. The fourth-order valence-electron chi connectivity index (χ4n) is 2.23. The van der Waals surface area contributed by atoms with Crippen molar-refractivity contribution < 1.29 is 19.0 Å². The van der Waals surface area contributed by atoms with Gasteiger partial charge in [0.2, 0.25) is 0 Å². The monoisotopic (exact) mass is 359 g/mol. The van der Waals surface area contributed by atoms with Crippen LogP contribution in [0.15, 0.2) is 48.5 Å². The van der Waals surface area contributed by atoms with Gasteiger partial charge in [0.25, 0.3) is 0 Å². The Morgan fingerprint density at radius 3 is 2.65 bits per heavy atom. The first-order valence-electron chi connectivity index (χ1n) is 8.34. The molecule has 0 aliphatic heterocycles. The number of benzene rings is 2. The third kappa shape index (κ3) is 7.00. The maximum Gasteiger partial charge on any atom is 0.321 e. The number of hydrogen-bond donors (Lipinski definition) is 3. The van der Waals surface area contributed by atoms with Gasteiger partial charge in [-0.2, -0.15) is 0 Å². The number of nitrogens with one attached hydrogen (secondary N) is 3. The van der Waals surface area contributed by atoms with E-state index in [-0.39, 0.29) is 19.1 Å². The van der Waals surface area contributed by atoms with Crippen molar-refractivity contribution in [2.24, 2.45) is 0 Å². The maximum atomic E-state index is 11.7. The molecule has 0 aliphatic rings. The lowest BCUT2D eigenvalue weighted by Gasteiger charge is -2.11. The molecule has 0 amide bonds. The van der Waals surface area contributed by atoms with Crippen LogP contribution in [0.4, 0.5) is 11.4 Å². The first kappa shape index (κ1) is 19.6. The van der Waals surface area contributed by atoms with Crippen molar-refractivity contribution in [2.45, 2.75) is 6.61 Å². The molecular weight excluding hydrogens is 334 g/mol. The van der Waals surface area contributed by atoms with Crippen LogP contribution in [0.5, 0.6) is 5.75 Å². The van der Waals surface area contributed by atoms with Crippen molar-refractivity contribution in [1.29, 1.82) is 0 Å². The van der Waals surface area contributed by atoms with Crippen LogP contribution in [-0.4, -0.2) is 39.9 Å². The molecule has 0 saturated carbocycles. The van der Waals surface area contributed by atoms with Crippen LogP contribution in [0, 0.1) is 0 Å². The van der Waals surface area contributed by atoms with E-state index in [1.165, 1.54) is 0 Å². The number of carbonyl (C=O) groups is 1. The molecule has 0 heterocycles. The Morgan fingerprint density at radius 2 is 1.85 bits per heavy atom. The fourth-order valence-corrected chi connectivity index (χ4v) is 2.23. The van der Waals surface area contributed by atoms with Crippen molar-refractivity contribution in [2.75, 3.05) is 44.7 Å². The topological polar surface area (TPSA) is 80.9 Å². The van der Waals surface area contributed by atoms with E-state index in [4.69, 9.17) is 14.2 Å². The average molecular weight is 359 g/mol. The van der Waals surface area contributed by atoms with Crippen molar-refractivity contribution in [1.82, 2.24) is 5.43 Å². The summed E-state index contributed by atoms with van der Waals surface area (Å²) in [7, 11) is 3.49. The van der Waals surface area contributed by atoms with E-state index in [0.29, 0.717) is 13.2 Å². The molecule has 7 heteroatoms. The molecule has 2 rings (SSSR count). The van der Waals surface area contributed by atoms with Crippen molar-refractivity contribution >= 4 is 17.3 Å². The molecule has 0 radical (unpaired) electrons. The highest BCUT2D eigenvalue weighted by Crippen LogP contribution is 2.16. The predicted octanol–water partition coefficient (Wildman–Crippen LogP) is 2.41. The van der Waals surface area contributed by atoms with Gasteiger partial charge in [-0.05, 0) is 29.8 Å². The van der Waals surface area contributed by atoms with Crippen LogP contribution in [0.2, 0.25) is 0 Å². The van der Waals surface area contributed by atoms with Gasteiger partial charge in [0.15, 0.2) is 0 Å². The minimum Gasteiger partial charge on any atom is -0.490 e. The van der Waals surface area contributed by atoms with E-state index in [2.05, 4.69) is 16.2 Å². The van der Waals surface area contributed by atoms with Crippen LogP contribution >= 0.6 is 0 Å². The standard InChI is InChI=1S/C19H25N3O4/c1-20-16-6-4-8-18(12-16)25-9-10-26-19(23)13-21-22-17-7-3-5-15(11-17)14-24-2/h3-8,11-12,20-22H,9-10,13-14H2,1-2H3. The largest absolute Gasteiger partial charge is 0.490 e. The van der Waals surface area contributed by atoms with Gasteiger partial charge in [0, 0.05) is 31.6 Å². The summed E-state index contributed by atoms with van der Waals surface area (Å²) in [5.41, 5.74) is 8.64. The lowest BCUT2D eigenvalue weighted by Crippen LogP contribution is -2.30. The second kappa shape index (κ2) is 11.0. The van der Waals surface area contributed by atoms with Crippen LogP contribution in [0.3, 0.4) is 0 Å². The van der Waals surface area contributed by atoms with Gasteiger partial charge in [-0.25, -0.2) is 5.43 Å². The molecule has 0 saturated heterocycles. The van der Waals surface area contributed by atoms with Gasteiger partial charge in [-0.15, -0.1) is 0 Å². The molecular formula is C19H25N3O4. The molecule has 2 aromatic rings. The lowest BCUT2D eigenvalue weighted by atomic mass is 10.2. The van der Waals surface area contributed by atoms with Gasteiger partial charge in [-0.3, -0.25) is 4.79 Å². The molecule has 26 heavy (non-hydrogen) atoms.